The van der Waals surface area contributed by atoms with Crippen molar-refractivity contribution in [3.8, 4) is 0 Å². The number of halogens is 2. The second kappa shape index (κ2) is 8.71. The number of alkyl halides is 2. The van der Waals surface area contributed by atoms with Gasteiger partial charge in [0.1, 0.15) is 12.2 Å². The van der Waals surface area contributed by atoms with E-state index >= 15 is 0 Å². The van der Waals surface area contributed by atoms with E-state index < -0.39 is 6.43 Å². The fourth-order valence-electron chi connectivity index (χ4n) is 2.13. The second-order valence-electron chi connectivity index (χ2n) is 4.90. The molecule has 0 aliphatic heterocycles. The summed E-state index contributed by atoms with van der Waals surface area (Å²) in [5.41, 5.74) is 0.269. The first-order valence-corrected chi connectivity index (χ1v) is 7.29. The van der Waals surface area contributed by atoms with Crippen LogP contribution in [-0.4, -0.2) is 46.8 Å². The Labute approximate surface area is 124 Å². The van der Waals surface area contributed by atoms with Crippen molar-refractivity contribution in [1.82, 2.24) is 20.0 Å². The number of nitrogens with one attached hydrogen (secondary N) is 1. The monoisotopic (exact) mass is 302 g/mol. The van der Waals surface area contributed by atoms with E-state index in [1.54, 1.807) is 6.92 Å². The van der Waals surface area contributed by atoms with E-state index in [0.29, 0.717) is 12.2 Å². The fourth-order valence-corrected chi connectivity index (χ4v) is 2.13. The molecule has 1 rings (SSSR count). The number of hydrogen-bond donors (Lipinski definition) is 1. The molecule has 0 spiro atoms. The van der Waals surface area contributed by atoms with Crippen molar-refractivity contribution in [2.75, 3.05) is 26.2 Å². The van der Waals surface area contributed by atoms with Crippen molar-refractivity contribution in [2.45, 2.75) is 40.2 Å². The second-order valence-corrected chi connectivity index (χ2v) is 4.90. The van der Waals surface area contributed by atoms with Crippen molar-refractivity contribution in [1.29, 1.82) is 0 Å². The predicted octanol–water partition coefficient (Wildman–Crippen LogP) is 1.98. The smallest absolute Gasteiger partial charge is 0.280 e. The molecule has 5 nitrogen and oxygen atoms in total. The molecule has 0 unspecified atom stereocenters. The van der Waals surface area contributed by atoms with Gasteiger partial charge in [-0.1, -0.05) is 13.8 Å². The molecule has 0 atom stereocenters. The van der Waals surface area contributed by atoms with Crippen LogP contribution in [0.5, 0.6) is 0 Å². The highest BCUT2D eigenvalue weighted by atomic mass is 19.3. The summed E-state index contributed by atoms with van der Waals surface area (Å²) in [6.45, 7) is 9.06. The van der Waals surface area contributed by atoms with Crippen LogP contribution >= 0.6 is 0 Å². The molecule has 1 amide bonds. The minimum Gasteiger partial charge on any atom is -0.354 e. The Kier molecular flexibility index (Phi) is 7.28. The Morgan fingerprint density at radius 2 is 2.10 bits per heavy atom. The highest BCUT2D eigenvalue weighted by Gasteiger charge is 2.17. The summed E-state index contributed by atoms with van der Waals surface area (Å²) in [6.07, 6.45) is -1.78. The Balaban J connectivity index is 2.37. The fraction of sp³-hybridized carbons (Fsp3) is 0.714. The number of rotatable bonds is 9. The van der Waals surface area contributed by atoms with E-state index in [1.165, 1.54) is 6.07 Å². The van der Waals surface area contributed by atoms with E-state index in [0.717, 1.165) is 30.7 Å². The number of amides is 1. The number of aromatic nitrogens is 2. The zero-order chi connectivity index (χ0) is 15.8. The van der Waals surface area contributed by atoms with Crippen molar-refractivity contribution >= 4 is 5.91 Å². The third kappa shape index (κ3) is 5.79. The molecule has 0 radical (unpaired) electrons. The summed E-state index contributed by atoms with van der Waals surface area (Å²) in [7, 11) is 0. The minimum absolute atomic E-state index is 0.168. The predicted molar refractivity (Wildman–Crippen MR) is 77.3 cm³/mol. The van der Waals surface area contributed by atoms with Crippen LogP contribution in [-0.2, 0) is 11.3 Å². The number of aryl methyl sites for hydroxylation is 1. The van der Waals surface area contributed by atoms with E-state index in [4.69, 9.17) is 0 Å². The Bertz CT molecular complexity index is 444. The maximum Gasteiger partial charge on any atom is 0.280 e. The van der Waals surface area contributed by atoms with Gasteiger partial charge in [0.15, 0.2) is 0 Å². The van der Waals surface area contributed by atoms with Crippen LogP contribution in [0.2, 0.25) is 0 Å². The first-order chi connectivity index (χ1) is 9.97. The summed E-state index contributed by atoms with van der Waals surface area (Å²) in [4.78, 5) is 14.0. The molecule has 1 N–H and O–H groups in total. The number of hydrogen-bond acceptors (Lipinski definition) is 3. The molecule has 0 saturated carbocycles. The molecule has 0 bridgehead atoms. The number of nitrogens with zero attached hydrogens (tertiary/aromatic N) is 3. The minimum atomic E-state index is -2.62. The largest absolute Gasteiger partial charge is 0.354 e. The quantitative estimate of drug-likeness (QED) is 0.710. The highest BCUT2D eigenvalue weighted by Crippen LogP contribution is 2.19. The van der Waals surface area contributed by atoms with Crippen molar-refractivity contribution in [2.24, 2.45) is 0 Å². The van der Waals surface area contributed by atoms with Crippen LogP contribution in [0, 0.1) is 6.92 Å². The van der Waals surface area contributed by atoms with Gasteiger partial charge in [0.25, 0.3) is 6.43 Å². The van der Waals surface area contributed by atoms with E-state index in [9.17, 15) is 13.6 Å². The summed E-state index contributed by atoms with van der Waals surface area (Å²) < 4.78 is 26.6. The summed E-state index contributed by atoms with van der Waals surface area (Å²) in [6, 6.07) is 1.30. The van der Waals surface area contributed by atoms with Gasteiger partial charge in [0.2, 0.25) is 5.91 Å². The third-order valence-electron chi connectivity index (χ3n) is 3.32. The van der Waals surface area contributed by atoms with Gasteiger partial charge in [-0.2, -0.15) is 5.10 Å². The summed E-state index contributed by atoms with van der Waals surface area (Å²) >= 11 is 0. The van der Waals surface area contributed by atoms with Crippen LogP contribution in [0.25, 0.3) is 0 Å². The topological polar surface area (TPSA) is 50.2 Å². The maximum atomic E-state index is 12.8. The molecular formula is C14H24F2N4O. The van der Waals surface area contributed by atoms with Crippen molar-refractivity contribution in [3.63, 3.8) is 0 Å². The van der Waals surface area contributed by atoms with E-state index in [1.807, 2.05) is 0 Å². The van der Waals surface area contributed by atoms with Gasteiger partial charge in [0.05, 0.1) is 5.69 Å². The average Bonchev–Trinajstić information content (AvgIpc) is 2.80. The lowest BCUT2D eigenvalue weighted by Gasteiger charge is -2.17. The van der Waals surface area contributed by atoms with Gasteiger partial charge >= 0.3 is 0 Å². The van der Waals surface area contributed by atoms with Gasteiger partial charge in [0, 0.05) is 6.54 Å². The van der Waals surface area contributed by atoms with Crippen LogP contribution in [0.1, 0.15) is 38.1 Å². The lowest BCUT2D eigenvalue weighted by atomic mass is 10.3. The van der Waals surface area contributed by atoms with E-state index in [-0.39, 0.29) is 18.1 Å². The zero-order valence-electron chi connectivity index (χ0n) is 12.9. The SMILES string of the molecule is CCN(CC)CCCNC(=O)Cn1nc(C)cc1C(F)F. The van der Waals surface area contributed by atoms with Gasteiger partial charge in [-0.3, -0.25) is 9.48 Å². The summed E-state index contributed by atoms with van der Waals surface area (Å²) in [5, 5.41) is 6.66. The summed E-state index contributed by atoms with van der Waals surface area (Å²) in [5.74, 6) is -0.292. The molecule has 0 aromatic carbocycles. The normalized spacial score (nSPS) is 11.4. The Hall–Kier alpha value is -1.50. The van der Waals surface area contributed by atoms with Gasteiger partial charge in [-0.15, -0.1) is 0 Å². The molecule has 21 heavy (non-hydrogen) atoms. The van der Waals surface area contributed by atoms with Crippen molar-refractivity contribution < 1.29 is 13.6 Å². The lowest BCUT2D eigenvalue weighted by Crippen LogP contribution is -2.32. The molecule has 1 heterocycles. The molecule has 1 aromatic rings. The number of carbonyl (C=O) groups is 1. The molecular weight excluding hydrogens is 278 g/mol. The standard InChI is InChI=1S/C14H24F2N4O/c1-4-19(5-2)8-6-7-17-13(21)10-20-12(14(15)16)9-11(3)18-20/h9,14H,4-8,10H2,1-3H3,(H,17,21). The average molecular weight is 302 g/mol. The number of carbonyl (C=O) groups excluding carboxylic acids is 1. The van der Waals surface area contributed by atoms with Crippen LogP contribution in [0.15, 0.2) is 6.07 Å². The molecule has 1 aromatic heterocycles. The lowest BCUT2D eigenvalue weighted by molar-refractivity contribution is -0.121. The molecule has 0 aliphatic carbocycles. The van der Waals surface area contributed by atoms with Crippen LogP contribution < -0.4 is 5.32 Å². The molecule has 120 valence electrons. The molecule has 0 saturated heterocycles. The first kappa shape index (κ1) is 17.6. The Morgan fingerprint density at radius 3 is 2.67 bits per heavy atom. The zero-order valence-corrected chi connectivity index (χ0v) is 12.9. The van der Waals surface area contributed by atoms with Crippen LogP contribution in [0.3, 0.4) is 0 Å². The third-order valence-corrected chi connectivity index (χ3v) is 3.32. The molecule has 0 fully saturated rings. The van der Waals surface area contributed by atoms with Gasteiger partial charge in [-0.05, 0) is 39.0 Å². The molecule has 0 aliphatic rings. The van der Waals surface area contributed by atoms with Crippen LogP contribution in [0.4, 0.5) is 8.78 Å². The Morgan fingerprint density at radius 1 is 1.43 bits per heavy atom. The highest BCUT2D eigenvalue weighted by molar-refractivity contribution is 5.75. The van der Waals surface area contributed by atoms with Gasteiger partial charge in [-0.25, -0.2) is 8.78 Å². The van der Waals surface area contributed by atoms with Crippen molar-refractivity contribution in [3.05, 3.63) is 17.5 Å². The first-order valence-electron chi connectivity index (χ1n) is 7.29. The maximum absolute atomic E-state index is 12.8. The van der Waals surface area contributed by atoms with E-state index in [2.05, 4.69) is 29.2 Å². The molecule has 7 heteroatoms. The van der Waals surface area contributed by atoms with Gasteiger partial charge < -0.3 is 10.2 Å².